The first-order valence-electron chi connectivity index (χ1n) is 7.08. The molecule has 2 aromatic carbocycles. The number of para-hydroxylation sites is 1. The highest BCUT2D eigenvalue weighted by Gasteiger charge is 2.30. The van der Waals surface area contributed by atoms with Crippen molar-refractivity contribution in [2.24, 2.45) is 0 Å². The number of ether oxygens (including phenoxy) is 1. The van der Waals surface area contributed by atoms with Crippen molar-refractivity contribution < 1.29 is 13.9 Å². The molecule has 0 aliphatic carbocycles. The number of amides is 1. The Kier molecular flexibility index (Phi) is 4.63. The third kappa shape index (κ3) is 3.42. The highest BCUT2D eigenvalue weighted by molar-refractivity contribution is 7.99. The molecule has 1 aliphatic rings. The number of halogens is 1. The van der Waals surface area contributed by atoms with E-state index in [9.17, 15) is 9.18 Å². The fourth-order valence-corrected chi connectivity index (χ4v) is 3.65. The third-order valence-electron chi connectivity index (χ3n) is 3.47. The molecule has 0 saturated carbocycles. The van der Waals surface area contributed by atoms with Gasteiger partial charge in [0, 0.05) is 12.3 Å². The molecule has 1 heterocycles. The van der Waals surface area contributed by atoms with Gasteiger partial charge in [-0.15, -0.1) is 11.8 Å². The van der Waals surface area contributed by atoms with Crippen LogP contribution in [0.25, 0.3) is 0 Å². The molecule has 0 bridgehead atoms. The van der Waals surface area contributed by atoms with Crippen LogP contribution in [0, 0.1) is 5.82 Å². The predicted octanol–water partition coefficient (Wildman–Crippen LogP) is 3.48. The zero-order chi connectivity index (χ0) is 15.4. The number of benzene rings is 2. The van der Waals surface area contributed by atoms with E-state index in [1.165, 1.54) is 12.1 Å². The summed E-state index contributed by atoms with van der Waals surface area (Å²) in [6.07, 6.45) is 0. The van der Waals surface area contributed by atoms with Crippen LogP contribution < -0.4 is 4.74 Å². The molecule has 5 heteroatoms. The fraction of sp³-hybridized carbons (Fsp3) is 0.235. The number of rotatable bonds is 4. The second-order valence-electron chi connectivity index (χ2n) is 4.96. The van der Waals surface area contributed by atoms with E-state index in [1.54, 1.807) is 28.8 Å². The number of thioether (sulfide) groups is 1. The molecule has 3 nitrogen and oxygen atoms in total. The second kappa shape index (κ2) is 6.83. The summed E-state index contributed by atoms with van der Waals surface area (Å²) < 4.78 is 18.6. The van der Waals surface area contributed by atoms with E-state index in [0.717, 1.165) is 11.3 Å². The van der Waals surface area contributed by atoms with Crippen LogP contribution in [-0.4, -0.2) is 29.7 Å². The van der Waals surface area contributed by atoms with E-state index >= 15 is 0 Å². The topological polar surface area (TPSA) is 29.5 Å². The molecular weight excluding hydrogens is 301 g/mol. The quantitative estimate of drug-likeness (QED) is 0.864. The van der Waals surface area contributed by atoms with Crippen LogP contribution in [0.4, 0.5) is 4.39 Å². The lowest BCUT2D eigenvalue weighted by atomic mass is 10.2. The van der Waals surface area contributed by atoms with Gasteiger partial charge < -0.3 is 9.64 Å². The SMILES string of the molecule is O=C(COc1ccccc1)N1CCSC1c1ccc(F)cc1. The van der Waals surface area contributed by atoms with Crippen LogP contribution in [-0.2, 0) is 4.79 Å². The summed E-state index contributed by atoms with van der Waals surface area (Å²) >= 11 is 1.69. The van der Waals surface area contributed by atoms with Gasteiger partial charge in [0.2, 0.25) is 0 Å². The molecule has 0 spiro atoms. The Morgan fingerprint density at radius 2 is 1.91 bits per heavy atom. The molecule has 1 unspecified atom stereocenters. The van der Waals surface area contributed by atoms with Crippen LogP contribution in [0.1, 0.15) is 10.9 Å². The third-order valence-corrected chi connectivity index (χ3v) is 4.73. The molecule has 1 amide bonds. The molecule has 1 fully saturated rings. The van der Waals surface area contributed by atoms with E-state index in [-0.39, 0.29) is 23.7 Å². The number of carbonyl (C=O) groups is 1. The first-order chi connectivity index (χ1) is 10.7. The summed E-state index contributed by atoms with van der Waals surface area (Å²) in [5, 5.41) is -0.0625. The zero-order valence-corrected chi connectivity index (χ0v) is 12.8. The number of carbonyl (C=O) groups excluding carboxylic acids is 1. The van der Waals surface area contributed by atoms with Gasteiger partial charge in [0.05, 0.1) is 0 Å². The fourth-order valence-electron chi connectivity index (χ4n) is 2.37. The smallest absolute Gasteiger partial charge is 0.261 e. The van der Waals surface area contributed by atoms with E-state index in [1.807, 2.05) is 30.3 Å². The number of hydrogen-bond donors (Lipinski definition) is 0. The number of nitrogens with zero attached hydrogens (tertiary/aromatic N) is 1. The van der Waals surface area contributed by atoms with Gasteiger partial charge >= 0.3 is 0 Å². The lowest BCUT2D eigenvalue weighted by Crippen LogP contribution is -2.34. The second-order valence-corrected chi connectivity index (χ2v) is 6.15. The standard InChI is InChI=1S/C17H16FNO2S/c18-14-8-6-13(7-9-14)17-19(10-11-22-17)16(20)12-21-15-4-2-1-3-5-15/h1-9,17H,10-12H2. The Morgan fingerprint density at radius 1 is 1.18 bits per heavy atom. The predicted molar refractivity (Wildman–Crippen MR) is 85.2 cm³/mol. The summed E-state index contributed by atoms with van der Waals surface area (Å²) in [7, 11) is 0. The highest BCUT2D eigenvalue weighted by Crippen LogP contribution is 2.37. The van der Waals surface area contributed by atoms with Gasteiger partial charge in [-0.05, 0) is 29.8 Å². The average molecular weight is 317 g/mol. The van der Waals surface area contributed by atoms with Gasteiger partial charge in [-0.2, -0.15) is 0 Å². The summed E-state index contributed by atoms with van der Waals surface area (Å²) in [4.78, 5) is 14.2. The average Bonchev–Trinajstić information content (AvgIpc) is 3.04. The molecule has 114 valence electrons. The molecule has 3 rings (SSSR count). The van der Waals surface area contributed by atoms with Crippen LogP contribution in [0.15, 0.2) is 54.6 Å². The van der Waals surface area contributed by atoms with E-state index < -0.39 is 0 Å². The van der Waals surface area contributed by atoms with Crippen molar-refractivity contribution >= 4 is 17.7 Å². The lowest BCUT2D eigenvalue weighted by Gasteiger charge is -2.24. The Hall–Kier alpha value is -2.01. The molecule has 0 N–H and O–H groups in total. The van der Waals surface area contributed by atoms with E-state index in [2.05, 4.69) is 0 Å². The van der Waals surface area contributed by atoms with Gasteiger partial charge in [0.15, 0.2) is 6.61 Å². The first-order valence-corrected chi connectivity index (χ1v) is 8.13. The minimum Gasteiger partial charge on any atom is -0.484 e. The first kappa shape index (κ1) is 14.9. The summed E-state index contributed by atoms with van der Waals surface area (Å²) in [5.41, 5.74) is 0.942. The molecule has 2 aromatic rings. The normalized spacial score (nSPS) is 17.5. The van der Waals surface area contributed by atoms with Crippen molar-refractivity contribution in [3.05, 3.63) is 66.0 Å². The maximum Gasteiger partial charge on any atom is 0.261 e. The summed E-state index contributed by atoms with van der Waals surface area (Å²) in [6.45, 7) is 0.700. The molecule has 1 aliphatic heterocycles. The van der Waals surface area contributed by atoms with E-state index in [4.69, 9.17) is 4.74 Å². The number of hydrogen-bond acceptors (Lipinski definition) is 3. The monoisotopic (exact) mass is 317 g/mol. The lowest BCUT2D eigenvalue weighted by molar-refractivity contribution is -0.133. The minimum atomic E-state index is -0.267. The molecule has 0 aromatic heterocycles. The Bertz CT molecular complexity index is 633. The van der Waals surface area contributed by atoms with Crippen molar-refractivity contribution in [1.82, 2.24) is 4.90 Å². The maximum absolute atomic E-state index is 13.0. The van der Waals surface area contributed by atoms with Crippen molar-refractivity contribution in [3.8, 4) is 5.75 Å². The Morgan fingerprint density at radius 3 is 2.64 bits per heavy atom. The van der Waals surface area contributed by atoms with Gasteiger partial charge in [0.1, 0.15) is 16.9 Å². The largest absolute Gasteiger partial charge is 0.484 e. The molecule has 1 saturated heterocycles. The van der Waals surface area contributed by atoms with Crippen molar-refractivity contribution in [3.63, 3.8) is 0 Å². The van der Waals surface area contributed by atoms with Gasteiger partial charge in [-0.1, -0.05) is 30.3 Å². The molecular formula is C17H16FNO2S. The van der Waals surface area contributed by atoms with E-state index in [0.29, 0.717) is 12.3 Å². The summed E-state index contributed by atoms with van der Waals surface area (Å²) in [6, 6.07) is 15.6. The maximum atomic E-state index is 13.0. The Labute approximate surface area is 133 Å². The van der Waals surface area contributed by atoms with Crippen molar-refractivity contribution in [2.75, 3.05) is 18.9 Å². The summed E-state index contributed by atoms with van der Waals surface area (Å²) in [5.74, 6) is 1.24. The van der Waals surface area contributed by atoms with Gasteiger partial charge in [-0.3, -0.25) is 4.79 Å². The van der Waals surface area contributed by atoms with Crippen LogP contribution in [0.3, 0.4) is 0 Å². The molecule has 1 atom stereocenters. The van der Waals surface area contributed by atoms with Crippen molar-refractivity contribution in [1.29, 1.82) is 0 Å². The van der Waals surface area contributed by atoms with Gasteiger partial charge in [0.25, 0.3) is 5.91 Å². The molecule has 22 heavy (non-hydrogen) atoms. The minimum absolute atomic E-state index is 0.0161. The van der Waals surface area contributed by atoms with Gasteiger partial charge in [-0.25, -0.2) is 4.39 Å². The van der Waals surface area contributed by atoms with Crippen molar-refractivity contribution in [2.45, 2.75) is 5.37 Å². The molecule has 0 radical (unpaired) electrons. The highest BCUT2D eigenvalue weighted by atomic mass is 32.2. The zero-order valence-electron chi connectivity index (χ0n) is 11.9. The van der Waals surface area contributed by atoms with Crippen LogP contribution >= 0.6 is 11.8 Å². The Balaban J connectivity index is 1.65. The van der Waals surface area contributed by atoms with Crippen LogP contribution in [0.2, 0.25) is 0 Å². The van der Waals surface area contributed by atoms with Crippen LogP contribution in [0.5, 0.6) is 5.75 Å².